The van der Waals surface area contributed by atoms with Crippen LogP contribution in [-0.4, -0.2) is 60.8 Å². The van der Waals surface area contributed by atoms with Crippen molar-refractivity contribution in [3.05, 3.63) is 53.5 Å². The largest absolute Gasteiger partial charge is 0.490 e. The molecule has 4 rings (SSSR count). The summed E-state index contributed by atoms with van der Waals surface area (Å²) in [6, 6.07) is 5.43. The first-order valence-electron chi connectivity index (χ1n) is 8.39. The maximum absolute atomic E-state index is 12.6. The summed E-state index contributed by atoms with van der Waals surface area (Å²) in [6.45, 7) is -0.0372. The number of aliphatic hydroxyl groups is 1. The van der Waals surface area contributed by atoms with Crippen LogP contribution < -0.4 is 5.69 Å². The molecule has 1 aliphatic heterocycles. The lowest BCUT2D eigenvalue weighted by Gasteiger charge is -2.12. The average molecular weight is 428 g/mol. The van der Waals surface area contributed by atoms with Gasteiger partial charge in [-0.05, 0) is 18.2 Å². The summed E-state index contributed by atoms with van der Waals surface area (Å²) in [4.78, 5) is 30.0. The highest BCUT2D eigenvalue weighted by Gasteiger charge is 2.38. The number of hydrogen-bond acceptors (Lipinski definition) is 7. The highest BCUT2D eigenvalue weighted by molar-refractivity contribution is 5.73. The molecule has 3 aromatic rings. The number of halogens is 3. The summed E-state index contributed by atoms with van der Waals surface area (Å²) in [7, 11) is 0. The summed E-state index contributed by atoms with van der Waals surface area (Å²) >= 11 is 0. The Morgan fingerprint density at radius 1 is 1.33 bits per heavy atom. The molecule has 1 fully saturated rings. The van der Waals surface area contributed by atoms with E-state index in [0.29, 0.717) is 11.3 Å². The van der Waals surface area contributed by atoms with Crippen LogP contribution in [0.1, 0.15) is 6.23 Å². The molecule has 0 amide bonds. The van der Waals surface area contributed by atoms with Crippen LogP contribution in [0.5, 0.6) is 0 Å². The Labute approximate surface area is 165 Å². The van der Waals surface area contributed by atoms with Crippen LogP contribution in [0.25, 0.3) is 16.9 Å². The van der Waals surface area contributed by atoms with Gasteiger partial charge in [-0.15, -0.1) is 0 Å². The summed E-state index contributed by atoms with van der Waals surface area (Å²) in [6.07, 6.45) is 0.321. The first-order valence-corrected chi connectivity index (χ1v) is 8.39. The number of carboxylic acids is 1. The second-order valence-corrected chi connectivity index (χ2v) is 5.94. The number of ether oxygens (including phenoxy) is 2. The molecule has 2 N–H and O–H groups in total. The number of hydrogen-bond donors (Lipinski definition) is 2. The average Bonchev–Trinajstić information content (AvgIpc) is 3.36. The Morgan fingerprint density at radius 2 is 2.07 bits per heavy atom. The number of aliphatic hydroxyl groups excluding tert-OH is 1. The van der Waals surface area contributed by atoms with E-state index in [-0.39, 0.29) is 18.9 Å². The Bertz CT molecular complexity index is 1080. The first-order chi connectivity index (χ1) is 14.2. The lowest BCUT2D eigenvalue weighted by Crippen LogP contribution is -2.30. The number of carboxylic acid groups (broad SMARTS) is 1. The van der Waals surface area contributed by atoms with Gasteiger partial charge in [0, 0.05) is 30.4 Å². The van der Waals surface area contributed by atoms with Gasteiger partial charge < -0.3 is 19.7 Å². The number of aliphatic carboxylic acids is 1. The van der Waals surface area contributed by atoms with Crippen molar-refractivity contribution in [2.75, 3.05) is 13.2 Å². The predicted molar refractivity (Wildman–Crippen MR) is 93.3 cm³/mol. The number of alkyl halides is 3. The van der Waals surface area contributed by atoms with Gasteiger partial charge in [0.1, 0.15) is 5.65 Å². The van der Waals surface area contributed by atoms with E-state index < -0.39 is 24.7 Å². The second kappa shape index (κ2) is 8.61. The molecule has 4 heterocycles. The molecule has 160 valence electrons. The highest BCUT2D eigenvalue weighted by Crippen LogP contribution is 2.20. The number of imidazole rings is 1. The van der Waals surface area contributed by atoms with Gasteiger partial charge in [0.15, 0.2) is 12.5 Å². The molecule has 2 atom stereocenters. The van der Waals surface area contributed by atoms with Crippen molar-refractivity contribution < 1.29 is 37.7 Å². The zero-order valence-electron chi connectivity index (χ0n) is 15.1. The van der Waals surface area contributed by atoms with Gasteiger partial charge in [-0.1, -0.05) is 0 Å². The van der Waals surface area contributed by atoms with E-state index in [2.05, 4.69) is 9.97 Å². The molecule has 1 aliphatic rings. The van der Waals surface area contributed by atoms with Crippen molar-refractivity contribution in [2.24, 2.45) is 0 Å². The lowest BCUT2D eigenvalue weighted by atomic mass is 10.2. The van der Waals surface area contributed by atoms with Crippen LogP contribution in [0.3, 0.4) is 0 Å². The Kier molecular flexibility index (Phi) is 6.14. The van der Waals surface area contributed by atoms with Crippen LogP contribution in [0.4, 0.5) is 13.2 Å². The second-order valence-electron chi connectivity index (χ2n) is 5.94. The number of pyridine rings is 1. The van der Waals surface area contributed by atoms with Gasteiger partial charge in [0.2, 0.25) is 0 Å². The Morgan fingerprint density at radius 3 is 2.63 bits per heavy atom. The zero-order chi connectivity index (χ0) is 21.9. The maximum Gasteiger partial charge on any atom is 0.490 e. The van der Waals surface area contributed by atoms with E-state index in [0.717, 1.165) is 5.56 Å². The quantitative estimate of drug-likeness (QED) is 0.634. The molecule has 30 heavy (non-hydrogen) atoms. The fourth-order valence-electron chi connectivity index (χ4n) is 2.56. The van der Waals surface area contributed by atoms with Crippen LogP contribution >= 0.6 is 0 Å². The standard InChI is InChI=1S/C15H14N4O4.C2HF3O2/c20-8-14-22-9-13(23-14)18-5-3-12-17-11(7-19(12)15(18)21)10-2-1-4-16-6-10;3-2(4,5)1(6)7/h1-7,13-14,20H,8-9H2;(H,6,7)/t13-,14-;/m1./s1. The van der Waals surface area contributed by atoms with Gasteiger partial charge >= 0.3 is 17.8 Å². The predicted octanol–water partition coefficient (Wildman–Crippen LogP) is 1.06. The lowest BCUT2D eigenvalue weighted by molar-refractivity contribution is -0.192. The van der Waals surface area contributed by atoms with E-state index in [4.69, 9.17) is 24.5 Å². The van der Waals surface area contributed by atoms with Crippen molar-refractivity contribution in [3.63, 3.8) is 0 Å². The number of carbonyl (C=O) groups is 1. The maximum atomic E-state index is 12.6. The van der Waals surface area contributed by atoms with Gasteiger partial charge in [-0.25, -0.2) is 14.6 Å². The van der Waals surface area contributed by atoms with Crippen molar-refractivity contribution in [1.29, 1.82) is 0 Å². The van der Waals surface area contributed by atoms with Gasteiger partial charge in [-0.2, -0.15) is 13.2 Å². The van der Waals surface area contributed by atoms with Crippen LogP contribution in [0.15, 0.2) is 47.8 Å². The molecule has 0 bridgehead atoms. The van der Waals surface area contributed by atoms with Crippen molar-refractivity contribution in [2.45, 2.75) is 18.7 Å². The van der Waals surface area contributed by atoms with Gasteiger partial charge in [0.25, 0.3) is 0 Å². The normalized spacial score (nSPS) is 18.8. The van der Waals surface area contributed by atoms with E-state index in [1.807, 2.05) is 12.1 Å². The van der Waals surface area contributed by atoms with E-state index in [9.17, 15) is 18.0 Å². The van der Waals surface area contributed by atoms with Crippen LogP contribution in [0, 0.1) is 0 Å². The summed E-state index contributed by atoms with van der Waals surface area (Å²) in [5.74, 6) is -2.76. The van der Waals surface area contributed by atoms with Crippen molar-refractivity contribution >= 4 is 11.6 Å². The summed E-state index contributed by atoms with van der Waals surface area (Å²) in [5.41, 5.74) is 1.77. The molecule has 1 saturated heterocycles. The number of nitrogens with zero attached hydrogens (tertiary/aromatic N) is 4. The monoisotopic (exact) mass is 428 g/mol. The van der Waals surface area contributed by atoms with Crippen molar-refractivity contribution in [1.82, 2.24) is 18.9 Å². The fraction of sp³-hybridized carbons (Fsp3) is 0.294. The summed E-state index contributed by atoms with van der Waals surface area (Å²) in [5, 5.41) is 16.2. The SMILES string of the molecule is O=C(O)C(F)(F)F.O=c1n([C@H]2CO[C@@H](CO)O2)ccc2nc(-c3cccnc3)cn12. The van der Waals surface area contributed by atoms with E-state index >= 15 is 0 Å². The molecule has 13 heteroatoms. The molecule has 3 aromatic heterocycles. The highest BCUT2D eigenvalue weighted by atomic mass is 19.4. The molecule has 0 radical (unpaired) electrons. The third-order valence-corrected chi connectivity index (χ3v) is 3.94. The minimum Gasteiger partial charge on any atom is -0.475 e. The van der Waals surface area contributed by atoms with Gasteiger partial charge in [0.05, 0.1) is 18.9 Å². The van der Waals surface area contributed by atoms with Crippen LogP contribution in [0.2, 0.25) is 0 Å². The smallest absolute Gasteiger partial charge is 0.475 e. The third-order valence-electron chi connectivity index (χ3n) is 3.94. The third kappa shape index (κ3) is 4.64. The van der Waals surface area contributed by atoms with Crippen molar-refractivity contribution in [3.8, 4) is 11.3 Å². The Hall–Kier alpha value is -3.29. The molecule has 0 aliphatic carbocycles. The molecule has 0 spiro atoms. The van der Waals surface area contributed by atoms with Crippen LogP contribution in [-0.2, 0) is 14.3 Å². The van der Waals surface area contributed by atoms with Gasteiger partial charge in [-0.3, -0.25) is 14.0 Å². The number of aromatic nitrogens is 4. The first kappa shape index (κ1) is 21.4. The molecule has 0 aromatic carbocycles. The molecular weight excluding hydrogens is 413 g/mol. The number of fused-ring (bicyclic) bond motifs is 1. The summed E-state index contributed by atoms with van der Waals surface area (Å²) < 4.78 is 45.3. The molecule has 0 saturated carbocycles. The fourth-order valence-corrected chi connectivity index (χ4v) is 2.56. The number of rotatable bonds is 3. The molecule has 10 nitrogen and oxygen atoms in total. The Balaban J connectivity index is 0.000000318. The molecular formula is C17H15F3N4O6. The van der Waals surface area contributed by atoms with E-state index in [1.54, 1.807) is 30.9 Å². The molecule has 0 unspecified atom stereocenters. The van der Waals surface area contributed by atoms with E-state index in [1.165, 1.54) is 8.97 Å². The minimum absolute atomic E-state index is 0.209. The minimum atomic E-state index is -5.08. The topological polar surface area (TPSA) is 128 Å². The zero-order valence-corrected chi connectivity index (χ0v) is 15.1.